The van der Waals surface area contributed by atoms with Crippen LogP contribution in [0.15, 0.2) is 46.9 Å². The van der Waals surface area contributed by atoms with Crippen LogP contribution in [0.2, 0.25) is 0 Å². The fraction of sp³-hybridized carbons (Fsp3) is 0.200. The van der Waals surface area contributed by atoms with Crippen molar-refractivity contribution >= 4 is 21.6 Å². The number of halogens is 4. The molecule has 0 saturated heterocycles. The number of rotatable bonds is 3. The number of benzene rings is 2. The van der Waals surface area contributed by atoms with E-state index in [1.54, 1.807) is 6.07 Å². The highest BCUT2D eigenvalue weighted by Crippen LogP contribution is 2.32. The Kier molecular flexibility index (Phi) is 4.38. The van der Waals surface area contributed by atoms with Crippen molar-refractivity contribution in [3.05, 3.63) is 63.6 Å². The van der Waals surface area contributed by atoms with Crippen molar-refractivity contribution in [3.8, 4) is 0 Å². The Morgan fingerprint density at radius 2 is 1.80 bits per heavy atom. The van der Waals surface area contributed by atoms with Gasteiger partial charge in [0.1, 0.15) is 0 Å². The standard InChI is InChI=1S/C15H13BrF3N/c1-10-8-12(6-7-14(10)16)20-9-11-4-2-3-5-13(11)15(17,18)19/h2-8,20H,9H2,1H3. The maximum atomic E-state index is 12.9. The molecule has 1 nitrogen and oxygen atoms in total. The van der Waals surface area contributed by atoms with E-state index in [4.69, 9.17) is 0 Å². The van der Waals surface area contributed by atoms with Gasteiger partial charge in [-0.2, -0.15) is 13.2 Å². The van der Waals surface area contributed by atoms with Crippen LogP contribution in [-0.2, 0) is 12.7 Å². The number of hydrogen-bond acceptors (Lipinski definition) is 1. The average molecular weight is 344 g/mol. The second-order valence-corrected chi connectivity index (χ2v) is 5.33. The van der Waals surface area contributed by atoms with E-state index in [2.05, 4.69) is 21.2 Å². The molecular weight excluding hydrogens is 331 g/mol. The molecule has 0 heterocycles. The highest BCUT2D eigenvalue weighted by atomic mass is 79.9. The molecule has 2 aromatic rings. The van der Waals surface area contributed by atoms with Gasteiger partial charge in [-0.25, -0.2) is 0 Å². The fourth-order valence-electron chi connectivity index (χ4n) is 1.90. The van der Waals surface area contributed by atoms with E-state index in [0.717, 1.165) is 21.8 Å². The maximum Gasteiger partial charge on any atom is 0.416 e. The predicted octanol–water partition coefficient (Wildman–Crippen LogP) is 5.39. The van der Waals surface area contributed by atoms with E-state index >= 15 is 0 Å². The summed E-state index contributed by atoms with van der Waals surface area (Å²) in [6.07, 6.45) is -4.33. The Balaban J connectivity index is 2.17. The molecule has 0 aliphatic rings. The summed E-state index contributed by atoms with van der Waals surface area (Å²) in [5.74, 6) is 0. The minimum Gasteiger partial charge on any atom is -0.381 e. The van der Waals surface area contributed by atoms with Crippen LogP contribution in [0, 0.1) is 6.92 Å². The zero-order valence-corrected chi connectivity index (χ0v) is 12.3. The van der Waals surface area contributed by atoms with Crippen molar-refractivity contribution in [1.82, 2.24) is 0 Å². The lowest BCUT2D eigenvalue weighted by Gasteiger charge is -2.14. The third kappa shape index (κ3) is 3.54. The summed E-state index contributed by atoms with van der Waals surface area (Å²) in [7, 11) is 0. The first-order valence-corrected chi connectivity index (χ1v) is 6.82. The average Bonchev–Trinajstić information content (AvgIpc) is 2.39. The summed E-state index contributed by atoms with van der Waals surface area (Å²) in [4.78, 5) is 0. The summed E-state index contributed by atoms with van der Waals surface area (Å²) in [6, 6.07) is 11.2. The van der Waals surface area contributed by atoms with Crippen LogP contribution in [0.25, 0.3) is 0 Å². The molecule has 0 spiro atoms. The Morgan fingerprint density at radius 1 is 1.10 bits per heavy atom. The lowest BCUT2D eigenvalue weighted by Crippen LogP contribution is -2.11. The van der Waals surface area contributed by atoms with Gasteiger partial charge in [-0.15, -0.1) is 0 Å². The molecule has 106 valence electrons. The van der Waals surface area contributed by atoms with Gasteiger partial charge in [-0.05, 0) is 42.3 Å². The largest absolute Gasteiger partial charge is 0.416 e. The van der Waals surface area contributed by atoms with Gasteiger partial charge >= 0.3 is 6.18 Å². The van der Waals surface area contributed by atoms with Crippen LogP contribution in [0.3, 0.4) is 0 Å². The van der Waals surface area contributed by atoms with Crippen LogP contribution >= 0.6 is 15.9 Å². The van der Waals surface area contributed by atoms with E-state index in [0.29, 0.717) is 0 Å². The summed E-state index contributed by atoms with van der Waals surface area (Å²) in [5, 5.41) is 3.02. The first-order valence-electron chi connectivity index (χ1n) is 6.03. The zero-order valence-electron chi connectivity index (χ0n) is 10.8. The molecule has 0 aliphatic carbocycles. The summed E-state index contributed by atoms with van der Waals surface area (Å²) in [5.41, 5.74) is 1.46. The van der Waals surface area contributed by atoms with Gasteiger partial charge in [0.15, 0.2) is 0 Å². The molecule has 5 heteroatoms. The molecule has 1 N–H and O–H groups in total. The van der Waals surface area contributed by atoms with E-state index in [9.17, 15) is 13.2 Å². The zero-order chi connectivity index (χ0) is 14.8. The summed E-state index contributed by atoms with van der Waals surface area (Å²) < 4.78 is 39.5. The molecule has 0 fully saturated rings. The Morgan fingerprint density at radius 3 is 2.45 bits per heavy atom. The molecule has 2 aromatic carbocycles. The predicted molar refractivity (Wildman–Crippen MR) is 77.6 cm³/mol. The highest BCUT2D eigenvalue weighted by Gasteiger charge is 2.32. The third-order valence-corrected chi connectivity index (χ3v) is 3.85. The minimum absolute atomic E-state index is 0.136. The van der Waals surface area contributed by atoms with Crippen LogP contribution in [0.4, 0.5) is 18.9 Å². The Bertz CT molecular complexity index is 608. The number of aryl methyl sites for hydroxylation is 1. The van der Waals surface area contributed by atoms with Crippen LogP contribution < -0.4 is 5.32 Å². The SMILES string of the molecule is Cc1cc(NCc2ccccc2C(F)(F)F)ccc1Br. The molecule has 20 heavy (non-hydrogen) atoms. The first-order chi connectivity index (χ1) is 9.38. The van der Waals surface area contributed by atoms with Gasteiger partial charge in [0, 0.05) is 16.7 Å². The van der Waals surface area contributed by atoms with Gasteiger partial charge in [-0.3, -0.25) is 0 Å². The normalized spacial score (nSPS) is 11.4. The Labute approximate surface area is 123 Å². The van der Waals surface area contributed by atoms with Crippen LogP contribution in [0.5, 0.6) is 0 Å². The minimum atomic E-state index is -4.33. The quantitative estimate of drug-likeness (QED) is 0.787. The molecule has 0 amide bonds. The number of anilines is 1. The van der Waals surface area contributed by atoms with Gasteiger partial charge in [0.05, 0.1) is 5.56 Å². The molecule has 0 aromatic heterocycles. The lowest BCUT2D eigenvalue weighted by molar-refractivity contribution is -0.138. The highest BCUT2D eigenvalue weighted by molar-refractivity contribution is 9.10. The molecule has 0 bridgehead atoms. The summed E-state index contributed by atoms with van der Waals surface area (Å²) >= 11 is 3.39. The van der Waals surface area contributed by atoms with Gasteiger partial charge in [0.2, 0.25) is 0 Å². The number of nitrogens with one attached hydrogen (secondary N) is 1. The molecule has 0 saturated carbocycles. The number of alkyl halides is 3. The summed E-state index contributed by atoms with van der Waals surface area (Å²) in [6.45, 7) is 2.07. The van der Waals surface area contributed by atoms with Gasteiger partial charge in [-0.1, -0.05) is 34.1 Å². The van der Waals surface area contributed by atoms with E-state index < -0.39 is 11.7 Å². The molecule has 0 radical (unpaired) electrons. The second kappa shape index (κ2) is 5.87. The van der Waals surface area contributed by atoms with Crippen molar-refractivity contribution in [2.45, 2.75) is 19.6 Å². The van der Waals surface area contributed by atoms with Gasteiger partial charge in [0.25, 0.3) is 0 Å². The third-order valence-electron chi connectivity index (χ3n) is 2.96. The molecule has 0 aliphatic heterocycles. The monoisotopic (exact) mass is 343 g/mol. The van der Waals surface area contributed by atoms with E-state index in [1.807, 2.05) is 25.1 Å². The maximum absolute atomic E-state index is 12.9. The molecule has 2 rings (SSSR count). The van der Waals surface area contributed by atoms with E-state index in [-0.39, 0.29) is 12.1 Å². The Hall–Kier alpha value is -1.49. The lowest BCUT2D eigenvalue weighted by atomic mass is 10.1. The van der Waals surface area contributed by atoms with Gasteiger partial charge < -0.3 is 5.32 Å². The second-order valence-electron chi connectivity index (χ2n) is 4.47. The van der Waals surface area contributed by atoms with Crippen molar-refractivity contribution < 1.29 is 13.2 Å². The van der Waals surface area contributed by atoms with Crippen LogP contribution in [-0.4, -0.2) is 0 Å². The molecule has 0 unspecified atom stereocenters. The fourth-order valence-corrected chi connectivity index (χ4v) is 2.15. The van der Waals surface area contributed by atoms with E-state index in [1.165, 1.54) is 12.1 Å². The van der Waals surface area contributed by atoms with Crippen molar-refractivity contribution in [2.75, 3.05) is 5.32 Å². The number of hydrogen-bond donors (Lipinski definition) is 1. The molecule has 0 atom stereocenters. The van der Waals surface area contributed by atoms with Crippen molar-refractivity contribution in [2.24, 2.45) is 0 Å². The molecular formula is C15H13BrF3N. The van der Waals surface area contributed by atoms with Crippen molar-refractivity contribution in [3.63, 3.8) is 0 Å². The van der Waals surface area contributed by atoms with Crippen molar-refractivity contribution in [1.29, 1.82) is 0 Å². The van der Waals surface area contributed by atoms with Crippen LogP contribution in [0.1, 0.15) is 16.7 Å². The first kappa shape index (κ1) is 14.9. The topological polar surface area (TPSA) is 12.0 Å². The smallest absolute Gasteiger partial charge is 0.381 e.